The molecule has 2 N–H and O–H groups in total. The summed E-state index contributed by atoms with van der Waals surface area (Å²) in [5, 5.41) is 11.5. The molecule has 13 nitrogen and oxygen atoms in total. The van der Waals surface area contributed by atoms with Crippen LogP contribution in [0.1, 0.15) is 23.3 Å². The molecule has 3 aromatic heterocycles. The van der Waals surface area contributed by atoms with Gasteiger partial charge in [0.1, 0.15) is 19.3 Å². The smallest absolute Gasteiger partial charge is 0.350 e. The molecule has 0 spiro atoms. The number of ether oxygens (including phenoxy) is 3. The molecule has 0 bridgehead atoms. The lowest BCUT2D eigenvalue weighted by molar-refractivity contribution is 0.157. The van der Waals surface area contributed by atoms with Crippen molar-refractivity contribution in [1.29, 1.82) is 0 Å². The summed E-state index contributed by atoms with van der Waals surface area (Å²) in [6.07, 6.45) is 2.97. The normalized spacial score (nSPS) is 13.2. The number of fused-ring (bicyclic) bond motifs is 1. The summed E-state index contributed by atoms with van der Waals surface area (Å²) >= 11 is 0. The zero-order valence-corrected chi connectivity index (χ0v) is 20.7. The number of anilines is 1. The highest BCUT2D eigenvalue weighted by atomic mass is 19.1. The Balaban J connectivity index is 1.44. The third-order valence-electron chi connectivity index (χ3n) is 5.91. The fourth-order valence-corrected chi connectivity index (χ4v) is 4.13. The summed E-state index contributed by atoms with van der Waals surface area (Å²) in [5.41, 5.74) is 0.809. The fourth-order valence-electron chi connectivity index (χ4n) is 4.13. The van der Waals surface area contributed by atoms with E-state index in [-0.39, 0.29) is 47.8 Å². The van der Waals surface area contributed by atoms with Gasteiger partial charge in [-0.1, -0.05) is 5.16 Å². The summed E-state index contributed by atoms with van der Waals surface area (Å²) in [5.74, 6) is 0.698. The minimum atomic E-state index is -0.995. The summed E-state index contributed by atoms with van der Waals surface area (Å²) in [4.78, 5) is 27.9. The van der Waals surface area contributed by atoms with Gasteiger partial charge in [-0.15, -0.1) is 9.78 Å². The second-order valence-corrected chi connectivity index (χ2v) is 8.40. The van der Waals surface area contributed by atoms with Gasteiger partial charge in [0.2, 0.25) is 23.2 Å². The van der Waals surface area contributed by atoms with Crippen LogP contribution >= 0.6 is 0 Å². The molecule has 6 rings (SSSR count). The Kier molecular flexibility index (Phi) is 6.11. The second-order valence-electron chi connectivity index (χ2n) is 8.40. The van der Waals surface area contributed by atoms with Crippen LogP contribution in [0.4, 0.5) is 10.1 Å². The van der Waals surface area contributed by atoms with Gasteiger partial charge in [-0.2, -0.15) is 4.98 Å². The first-order valence-corrected chi connectivity index (χ1v) is 11.8. The van der Waals surface area contributed by atoms with Crippen LogP contribution in [0.5, 0.6) is 17.2 Å². The number of hydrogen-bond donors (Lipinski definition) is 2. The lowest BCUT2D eigenvalue weighted by Gasteiger charge is -2.25. The molecule has 198 valence electrons. The molecule has 5 aromatic rings. The first-order chi connectivity index (χ1) is 19.0. The average Bonchev–Trinajstić information content (AvgIpc) is 3.58. The zero-order chi connectivity index (χ0) is 26.9. The van der Waals surface area contributed by atoms with Crippen LogP contribution in [-0.2, 0) is 0 Å². The molecule has 4 heterocycles. The van der Waals surface area contributed by atoms with Crippen LogP contribution < -0.4 is 25.2 Å². The number of hydrogen-bond acceptors (Lipinski definition) is 11. The topological polar surface area (TPSA) is 155 Å². The molecule has 39 heavy (non-hydrogen) atoms. The van der Waals surface area contributed by atoms with Crippen LogP contribution in [-0.4, -0.2) is 55.2 Å². The van der Waals surface area contributed by atoms with Gasteiger partial charge in [-0.05, 0) is 36.4 Å². The number of rotatable bonds is 7. The van der Waals surface area contributed by atoms with Crippen LogP contribution in [0.25, 0.3) is 17.3 Å². The maximum absolute atomic E-state index is 15.9. The molecule has 1 atom stereocenters. The van der Waals surface area contributed by atoms with E-state index in [1.54, 1.807) is 37.3 Å². The van der Waals surface area contributed by atoms with E-state index >= 15 is 4.39 Å². The van der Waals surface area contributed by atoms with Crippen LogP contribution in [0.2, 0.25) is 0 Å². The van der Waals surface area contributed by atoms with Crippen molar-refractivity contribution in [2.75, 3.05) is 25.6 Å². The molecule has 2 aromatic carbocycles. The molecule has 1 unspecified atom stereocenters. The van der Waals surface area contributed by atoms with Crippen molar-refractivity contribution < 1.29 is 23.1 Å². The summed E-state index contributed by atoms with van der Waals surface area (Å²) in [6.45, 7) is 2.13. The molecule has 14 heteroatoms. The van der Waals surface area contributed by atoms with E-state index in [4.69, 9.17) is 18.7 Å². The molecular formula is C25H21FN8O5. The molecule has 0 aliphatic carbocycles. The van der Waals surface area contributed by atoms with E-state index in [2.05, 4.69) is 35.5 Å². The lowest BCUT2D eigenvalue weighted by Crippen LogP contribution is -2.21. The highest BCUT2D eigenvalue weighted by Gasteiger charge is 2.31. The Morgan fingerprint density at radius 2 is 1.87 bits per heavy atom. The predicted octanol–water partition coefficient (Wildman–Crippen LogP) is 2.83. The van der Waals surface area contributed by atoms with E-state index in [0.29, 0.717) is 17.4 Å². The van der Waals surface area contributed by atoms with Gasteiger partial charge in [0, 0.05) is 36.1 Å². The number of aromatic amines is 1. The molecule has 0 fully saturated rings. The van der Waals surface area contributed by atoms with Crippen LogP contribution in [0, 0.1) is 12.7 Å². The number of H-pyrrole nitrogens is 1. The van der Waals surface area contributed by atoms with Crippen molar-refractivity contribution in [3.63, 3.8) is 0 Å². The average molecular weight is 532 g/mol. The van der Waals surface area contributed by atoms with E-state index in [0.717, 1.165) is 10.2 Å². The zero-order valence-electron chi connectivity index (χ0n) is 20.7. The Bertz CT molecular complexity index is 1680. The Hall–Kier alpha value is -5.27. The van der Waals surface area contributed by atoms with Crippen molar-refractivity contribution in [3.05, 3.63) is 82.4 Å². The third kappa shape index (κ3) is 4.52. The second kappa shape index (κ2) is 9.89. The van der Waals surface area contributed by atoms with Crippen molar-refractivity contribution in [2.24, 2.45) is 0 Å². The Morgan fingerprint density at radius 3 is 2.56 bits per heavy atom. The maximum Gasteiger partial charge on any atom is 0.350 e. The fraction of sp³-hybridized carbons (Fsp3) is 0.200. The summed E-state index contributed by atoms with van der Waals surface area (Å²) in [7, 11) is 1.44. The molecule has 0 saturated carbocycles. The lowest BCUT2D eigenvalue weighted by atomic mass is 10.0. The number of methoxy groups -OCH3 is 1. The van der Waals surface area contributed by atoms with Crippen molar-refractivity contribution >= 4 is 5.69 Å². The largest absolute Gasteiger partial charge is 0.493 e. The van der Waals surface area contributed by atoms with Crippen LogP contribution in [0.15, 0.2) is 58.1 Å². The minimum Gasteiger partial charge on any atom is -0.493 e. The number of aromatic nitrogens is 7. The Labute approximate surface area is 219 Å². The summed E-state index contributed by atoms with van der Waals surface area (Å²) in [6, 6.07) is 9.18. The molecule has 1 aliphatic heterocycles. The number of nitrogens with one attached hydrogen (secondary N) is 2. The number of halogens is 1. The van der Waals surface area contributed by atoms with Crippen molar-refractivity contribution in [1.82, 2.24) is 34.9 Å². The highest BCUT2D eigenvalue weighted by molar-refractivity contribution is 5.62. The van der Waals surface area contributed by atoms with Crippen molar-refractivity contribution in [2.45, 2.75) is 13.0 Å². The van der Waals surface area contributed by atoms with E-state index < -0.39 is 17.5 Å². The molecular weight excluding hydrogens is 511 g/mol. The van der Waals surface area contributed by atoms with E-state index in [1.165, 1.54) is 25.6 Å². The standard InChI is InChI=1S/C25H21FN8O5/c1-13-29-22(33-39-13)14-4-6-15(7-5-14)30-19(23-31-25(35)34(32-23)24-27-8-3-9-28-24)16-12-17(36-2)20-21(18(16)26)38-11-10-37-20/h3-9,12,19,30H,10-11H2,1-2H3,(H,31,32,35). The minimum absolute atomic E-state index is 0.0590. The number of benzene rings is 2. The van der Waals surface area contributed by atoms with E-state index in [1.807, 2.05) is 0 Å². The quantitative estimate of drug-likeness (QED) is 0.318. The first-order valence-electron chi connectivity index (χ1n) is 11.8. The van der Waals surface area contributed by atoms with Crippen molar-refractivity contribution in [3.8, 4) is 34.6 Å². The van der Waals surface area contributed by atoms with Gasteiger partial charge in [0.25, 0.3) is 5.95 Å². The monoisotopic (exact) mass is 532 g/mol. The predicted molar refractivity (Wildman–Crippen MR) is 134 cm³/mol. The van der Waals surface area contributed by atoms with Gasteiger partial charge in [-0.25, -0.2) is 19.2 Å². The van der Waals surface area contributed by atoms with Gasteiger partial charge in [-0.3, -0.25) is 4.98 Å². The first kappa shape index (κ1) is 24.1. The van der Waals surface area contributed by atoms with Crippen LogP contribution in [0.3, 0.4) is 0 Å². The third-order valence-corrected chi connectivity index (χ3v) is 5.91. The molecule has 1 aliphatic rings. The summed E-state index contributed by atoms with van der Waals surface area (Å²) < 4.78 is 38.7. The van der Waals surface area contributed by atoms with E-state index in [9.17, 15) is 4.79 Å². The van der Waals surface area contributed by atoms with Gasteiger partial charge in [0.15, 0.2) is 17.4 Å². The van der Waals surface area contributed by atoms with Gasteiger partial charge in [0.05, 0.1) is 7.11 Å². The molecule has 0 amide bonds. The number of aryl methyl sites for hydroxylation is 1. The molecule has 0 radical (unpaired) electrons. The highest BCUT2D eigenvalue weighted by Crippen LogP contribution is 2.45. The van der Waals surface area contributed by atoms with Gasteiger partial charge < -0.3 is 24.1 Å². The maximum atomic E-state index is 15.9. The molecule has 0 saturated heterocycles. The SMILES string of the molecule is COc1cc(C(Nc2ccc(-c3noc(C)n3)cc2)c2nn(-c3ncccn3)c(=O)[nH]2)c(F)c2c1OCCO2. The van der Waals surface area contributed by atoms with Gasteiger partial charge >= 0.3 is 5.69 Å². The number of nitrogens with zero attached hydrogens (tertiary/aromatic N) is 6. The Morgan fingerprint density at radius 1 is 1.13 bits per heavy atom.